The van der Waals surface area contributed by atoms with Crippen LogP contribution in [0.1, 0.15) is 22.8 Å². The molecule has 100 valence electrons. The highest BCUT2D eigenvalue weighted by atomic mass is 19.4. The van der Waals surface area contributed by atoms with Crippen LogP contribution >= 0.6 is 0 Å². The molecule has 7 heteroatoms. The summed E-state index contributed by atoms with van der Waals surface area (Å²) in [6.07, 6.45) is -4.83. The number of carbonyl (C=O) groups is 1. The van der Waals surface area contributed by atoms with Gasteiger partial charge in [0.2, 0.25) is 0 Å². The van der Waals surface area contributed by atoms with E-state index < -0.39 is 23.5 Å². The van der Waals surface area contributed by atoms with Crippen molar-refractivity contribution in [1.82, 2.24) is 5.32 Å². The van der Waals surface area contributed by atoms with Crippen molar-refractivity contribution >= 4 is 5.91 Å². The first kappa shape index (κ1) is 14.4. The topological polar surface area (TPSA) is 55.1 Å². The fraction of sp³-hybridized carbons (Fsp3) is 0.364. The van der Waals surface area contributed by atoms with Gasteiger partial charge in [0.05, 0.1) is 5.56 Å². The predicted octanol–water partition coefficient (Wildman–Crippen LogP) is 1.92. The molecule has 3 N–H and O–H groups in total. The molecule has 0 saturated carbocycles. The lowest BCUT2D eigenvalue weighted by molar-refractivity contribution is -0.140. The summed E-state index contributed by atoms with van der Waals surface area (Å²) in [4.78, 5) is 11.5. The fourth-order valence-electron chi connectivity index (χ4n) is 1.25. The quantitative estimate of drug-likeness (QED) is 0.819. The Kier molecular flexibility index (Phi) is 4.28. The number of halogens is 4. The van der Waals surface area contributed by atoms with Crippen LogP contribution in [0.5, 0.6) is 0 Å². The molecule has 0 aromatic heterocycles. The van der Waals surface area contributed by atoms with Crippen LogP contribution in [-0.4, -0.2) is 18.5 Å². The minimum atomic E-state index is -4.83. The predicted molar refractivity (Wildman–Crippen MR) is 57.4 cm³/mol. The smallest absolute Gasteiger partial charge is 0.348 e. The second-order valence-corrected chi connectivity index (χ2v) is 3.80. The molecule has 0 unspecified atom stereocenters. The van der Waals surface area contributed by atoms with E-state index in [1.807, 2.05) is 0 Å². The molecule has 0 bridgehead atoms. The average Bonchev–Trinajstić information content (AvgIpc) is 2.27. The van der Waals surface area contributed by atoms with Crippen molar-refractivity contribution < 1.29 is 22.4 Å². The molecule has 0 radical (unpaired) electrons. The third-order valence-electron chi connectivity index (χ3n) is 2.26. The summed E-state index contributed by atoms with van der Waals surface area (Å²) in [5.74, 6) is -2.13. The van der Waals surface area contributed by atoms with Crippen LogP contribution in [0.3, 0.4) is 0 Å². The van der Waals surface area contributed by atoms with E-state index in [0.717, 1.165) is 6.07 Å². The first-order valence-electron chi connectivity index (χ1n) is 5.13. The van der Waals surface area contributed by atoms with Gasteiger partial charge in [-0.25, -0.2) is 4.39 Å². The molecular formula is C11H12F4N2O. The van der Waals surface area contributed by atoms with E-state index in [0.29, 0.717) is 12.1 Å². The number of nitrogens with two attached hydrogens (primary N) is 1. The summed E-state index contributed by atoms with van der Waals surface area (Å²) in [5, 5.41) is 2.39. The molecule has 0 aliphatic carbocycles. The number of hydrogen-bond acceptors (Lipinski definition) is 2. The highest BCUT2D eigenvalue weighted by Crippen LogP contribution is 2.31. The van der Waals surface area contributed by atoms with E-state index in [1.165, 1.54) is 0 Å². The van der Waals surface area contributed by atoms with Crippen LogP contribution in [0.2, 0.25) is 0 Å². The zero-order valence-electron chi connectivity index (χ0n) is 9.51. The van der Waals surface area contributed by atoms with Gasteiger partial charge in [0.15, 0.2) is 0 Å². The van der Waals surface area contributed by atoms with Crippen LogP contribution in [0.15, 0.2) is 18.2 Å². The van der Waals surface area contributed by atoms with Crippen LogP contribution in [0, 0.1) is 5.82 Å². The first-order valence-corrected chi connectivity index (χ1v) is 5.13. The summed E-state index contributed by atoms with van der Waals surface area (Å²) < 4.78 is 50.3. The molecule has 0 fully saturated rings. The van der Waals surface area contributed by atoms with Crippen molar-refractivity contribution in [2.45, 2.75) is 19.1 Å². The van der Waals surface area contributed by atoms with Gasteiger partial charge in [0.1, 0.15) is 5.82 Å². The van der Waals surface area contributed by atoms with Gasteiger partial charge in [-0.15, -0.1) is 0 Å². The zero-order valence-corrected chi connectivity index (χ0v) is 9.51. The minimum absolute atomic E-state index is 0.152. The van der Waals surface area contributed by atoms with Crippen molar-refractivity contribution in [3.63, 3.8) is 0 Å². The molecule has 1 rings (SSSR count). The summed E-state index contributed by atoms with van der Waals surface area (Å²) >= 11 is 0. The normalized spacial score (nSPS) is 13.2. The van der Waals surface area contributed by atoms with Gasteiger partial charge in [-0.1, -0.05) is 0 Å². The summed E-state index contributed by atoms with van der Waals surface area (Å²) in [6, 6.07) is 1.71. The summed E-state index contributed by atoms with van der Waals surface area (Å²) in [5.41, 5.74) is 3.54. The monoisotopic (exact) mass is 264 g/mol. The van der Waals surface area contributed by atoms with E-state index in [4.69, 9.17) is 5.73 Å². The van der Waals surface area contributed by atoms with Crippen molar-refractivity contribution in [3.8, 4) is 0 Å². The van der Waals surface area contributed by atoms with Crippen molar-refractivity contribution in [1.29, 1.82) is 0 Å². The standard InChI is InChI=1S/C11H12F4N2O/c1-6(5-16)17-10(18)7-2-3-9(12)8(4-7)11(13,14)15/h2-4,6H,5,16H2,1H3,(H,17,18)/t6-/m1/s1. The first-order chi connectivity index (χ1) is 8.25. The minimum Gasteiger partial charge on any atom is -0.348 e. The maximum Gasteiger partial charge on any atom is 0.419 e. The Morgan fingerprint density at radius 3 is 2.56 bits per heavy atom. The SMILES string of the molecule is C[C@H](CN)NC(=O)c1ccc(F)c(C(F)(F)F)c1. The van der Waals surface area contributed by atoms with Gasteiger partial charge in [0, 0.05) is 18.2 Å². The molecule has 1 aromatic rings. The Bertz CT molecular complexity index is 445. The molecule has 1 amide bonds. The number of hydrogen-bond donors (Lipinski definition) is 2. The number of carbonyl (C=O) groups excluding carboxylic acids is 1. The van der Waals surface area contributed by atoms with Crippen LogP contribution in [-0.2, 0) is 6.18 Å². The van der Waals surface area contributed by atoms with Crippen molar-refractivity contribution in [2.75, 3.05) is 6.54 Å². The molecule has 0 aliphatic rings. The highest BCUT2D eigenvalue weighted by Gasteiger charge is 2.34. The molecule has 0 heterocycles. The molecule has 0 spiro atoms. The largest absolute Gasteiger partial charge is 0.419 e. The number of amides is 1. The lowest BCUT2D eigenvalue weighted by Crippen LogP contribution is -2.37. The lowest BCUT2D eigenvalue weighted by atomic mass is 10.1. The Hall–Kier alpha value is -1.63. The molecule has 1 atom stereocenters. The van der Waals surface area contributed by atoms with E-state index in [1.54, 1.807) is 6.92 Å². The molecule has 3 nitrogen and oxygen atoms in total. The Morgan fingerprint density at radius 1 is 1.44 bits per heavy atom. The van der Waals surface area contributed by atoms with Gasteiger partial charge >= 0.3 is 6.18 Å². The van der Waals surface area contributed by atoms with Gasteiger partial charge in [-0.05, 0) is 25.1 Å². The number of benzene rings is 1. The maximum atomic E-state index is 13.0. The van der Waals surface area contributed by atoms with Crippen LogP contribution in [0.25, 0.3) is 0 Å². The van der Waals surface area contributed by atoms with Crippen LogP contribution < -0.4 is 11.1 Å². The Balaban J connectivity index is 3.02. The third kappa shape index (κ3) is 3.43. The molecule has 0 saturated heterocycles. The second kappa shape index (κ2) is 5.34. The molecule has 18 heavy (non-hydrogen) atoms. The summed E-state index contributed by atoms with van der Waals surface area (Å²) in [6.45, 7) is 1.76. The third-order valence-corrected chi connectivity index (χ3v) is 2.26. The molecule has 1 aromatic carbocycles. The number of alkyl halides is 3. The van der Waals surface area contributed by atoms with Crippen molar-refractivity contribution in [3.05, 3.63) is 35.1 Å². The van der Waals surface area contributed by atoms with E-state index in [9.17, 15) is 22.4 Å². The Labute approximate surface area is 101 Å². The van der Waals surface area contributed by atoms with Crippen LogP contribution in [0.4, 0.5) is 17.6 Å². The van der Waals surface area contributed by atoms with Crippen molar-refractivity contribution in [2.24, 2.45) is 5.73 Å². The van der Waals surface area contributed by atoms with Gasteiger partial charge in [-0.2, -0.15) is 13.2 Å². The average molecular weight is 264 g/mol. The molecular weight excluding hydrogens is 252 g/mol. The molecule has 0 aliphatic heterocycles. The number of rotatable bonds is 3. The highest BCUT2D eigenvalue weighted by molar-refractivity contribution is 5.94. The summed E-state index contributed by atoms with van der Waals surface area (Å²) in [7, 11) is 0. The number of nitrogens with one attached hydrogen (secondary N) is 1. The van der Waals surface area contributed by atoms with E-state index in [-0.39, 0.29) is 18.2 Å². The van der Waals surface area contributed by atoms with Gasteiger partial charge in [-0.3, -0.25) is 4.79 Å². The van der Waals surface area contributed by atoms with E-state index >= 15 is 0 Å². The lowest BCUT2D eigenvalue weighted by Gasteiger charge is -2.13. The fourth-order valence-corrected chi connectivity index (χ4v) is 1.25. The second-order valence-electron chi connectivity index (χ2n) is 3.80. The van der Waals surface area contributed by atoms with E-state index in [2.05, 4.69) is 5.32 Å². The zero-order chi connectivity index (χ0) is 13.9. The Morgan fingerprint density at radius 2 is 2.06 bits per heavy atom. The van der Waals surface area contributed by atoms with Gasteiger partial charge in [0.25, 0.3) is 5.91 Å². The maximum absolute atomic E-state index is 13.0. The van der Waals surface area contributed by atoms with Gasteiger partial charge < -0.3 is 11.1 Å².